The molecule has 0 spiro atoms. The van der Waals surface area contributed by atoms with Crippen LogP contribution in [-0.2, 0) is 10.2 Å². The Morgan fingerprint density at radius 2 is 2.04 bits per heavy atom. The molecule has 0 saturated carbocycles. The van der Waals surface area contributed by atoms with Crippen LogP contribution < -0.4 is 0 Å². The van der Waals surface area contributed by atoms with E-state index >= 15 is 0 Å². The second kappa shape index (κ2) is 6.47. The molecule has 1 unspecified atom stereocenters. The summed E-state index contributed by atoms with van der Waals surface area (Å²) in [7, 11) is -0.392. The van der Waals surface area contributed by atoms with Crippen molar-refractivity contribution in [3.05, 3.63) is 28.7 Å². The third-order valence-corrected chi connectivity index (χ3v) is 6.86. The van der Waals surface area contributed by atoms with Crippen LogP contribution in [0.25, 0.3) is 10.7 Å². The van der Waals surface area contributed by atoms with Gasteiger partial charge in [-0.3, -0.25) is 0 Å². The lowest BCUT2D eigenvalue weighted by Crippen LogP contribution is -2.40. The fourth-order valence-electron chi connectivity index (χ4n) is 2.81. The molecule has 9 heteroatoms. The van der Waals surface area contributed by atoms with Gasteiger partial charge in [-0.2, -0.15) is 17.0 Å². The van der Waals surface area contributed by atoms with Gasteiger partial charge in [0.25, 0.3) is 10.2 Å². The first-order chi connectivity index (χ1) is 11.3. The number of thiazole rings is 1. The minimum atomic E-state index is -3.49. The van der Waals surface area contributed by atoms with E-state index in [1.54, 1.807) is 25.4 Å². The van der Waals surface area contributed by atoms with E-state index in [0.717, 1.165) is 34.1 Å². The summed E-state index contributed by atoms with van der Waals surface area (Å²) in [6, 6.07) is 1.57. The lowest BCUT2D eigenvalue weighted by Gasteiger charge is -2.26. The molecule has 1 aliphatic heterocycles. The lowest BCUT2D eigenvalue weighted by molar-refractivity contribution is 0.352. The maximum absolute atomic E-state index is 12.5. The second-order valence-electron chi connectivity index (χ2n) is 6.09. The first-order valence-electron chi connectivity index (χ1n) is 7.76. The fourth-order valence-corrected chi connectivity index (χ4v) is 4.83. The van der Waals surface area contributed by atoms with Crippen LogP contribution >= 0.6 is 11.3 Å². The maximum Gasteiger partial charge on any atom is 0.282 e. The Balaban J connectivity index is 2.01. The van der Waals surface area contributed by atoms with E-state index in [2.05, 4.69) is 15.0 Å². The highest BCUT2D eigenvalue weighted by molar-refractivity contribution is 7.86. The second-order valence-corrected chi connectivity index (χ2v) is 9.42. The summed E-state index contributed by atoms with van der Waals surface area (Å²) in [6.07, 6.45) is 3.35. The molecule has 130 valence electrons. The monoisotopic (exact) mass is 367 g/mol. The van der Waals surface area contributed by atoms with Gasteiger partial charge in [-0.15, -0.1) is 11.3 Å². The Labute approximate surface area is 146 Å². The molecular formula is C15H21N5O2S2. The van der Waals surface area contributed by atoms with Gasteiger partial charge in [0.2, 0.25) is 0 Å². The van der Waals surface area contributed by atoms with E-state index in [0.29, 0.717) is 12.4 Å². The first kappa shape index (κ1) is 17.4. The standard InChI is InChI=1S/C15H21N5O2S2/c1-10-8-12(15-16-9-11(2)23-15)18-14(17-10)13-6-5-7-20(13)24(21,22)19(3)4/h8-9,13H,5-7H2,1-4H3. The van der Waals surface area contributed by atoms with Crippen molar-refractivity contribution in [3.8, 4) is 10.7 Å². The fraction of sp³-hybridized carbons (Fsp3) is 0.533. The van der Waals surface area contributed by atoms with E-state index in [1.165, 1.54) is 8.61 Å². The molecular weight excluding hydrogens is 346 g/mol. The van der Waals surface area contributed by atoms with Crippen LogP contribution in [0.15, 0.2) is 12.3 Å². The van der Waals surface area contributed by atoms with Crippen molar-refractivity contribution in [2.24, 2.45) is 0 Å². The summed E-state index contributed by atoms with van der Waals surface area (Å²) in [6.45, 7) is 4.39. The van der Waals surface area contributed by atoms with Crippen LogP contribution in [0.4, 0.5) is 0 Å². The highest BCUT2D eigenvalue weighted by Crippen LogP contribution is 2.34. The molecule has 2 aromatic rings. The normalized spacial score (nSPS) is 19.3. The van der Waals surface area contributed by atoms with Crippen LogP contribution in [-0.4, -0.2) is 52.6 Å². The molecule has 0 amide bonds. The maximum atomic E-state index is 12.5. The number of aryl methyl sites for hydroxylation is 2. The number of hydrogen-bond donors (Lipinski definition) is 0. The minimum absolute atomic E-state index is 0.322. The number of rotatable bonds is 4. The van der Waals surface area contributed by atoms with Crippen molar-refractivity contribution in [2.75, 3.05) is 20.6 Å². The van der Waals surface area contributed by atoms with E-state index in [4.69, 9.17) is 0 Å². The summed E-state index contributed by atoms with van der Waals surface area (Å²) in [5.74, 6) is 0.556. The van der Waals surface area contributed by atoms with Gasteiger partial charge in [-0.1, -0.05) is 0 Å². The molecule has 3 rings (SSSR count). The van der Waals surface area contributed by atoms with Crippen LogP contribution in [0.5, 0.6) is 0 Å². The van der Waals surface area contributed by atoms with Gasteiger partial charge in [-0.25, -0.2) is 15.0 Å². The highest BCUT2D eigenvalue weighted by atomic mass is 32.2. The molecule has 0 N–H and O–H groups in total. The predicted octanol–water partition coefficient (Wildman–Crippen LogP) is 2.16. The summed E-state index contributed by atoms with van der Waals surface area (Å²) < 4.78 is 27.8. The third-order valence-electron chi connectivity index (χ3n) is 3.97. The number of hydrogen-bond acceptors (Lipinski definition) is 6. The quantitative estimate of drug-likeness (QED) is 0.827. The zero-order valence-electron chi connectivity index (χ0n) is 14.2. The van der Waals surface area contributed by atoms with E-state index in [9.17, 15) is 8.42 Å². The number of nitrogens with zero attached hydrogens (tertiary/aromatic N) is 5. The minimum Gasteiger partial charge on any atom is -0.243 e. The third kappa shape index (κ3) is 3.21. The van der Waals surface area contributed by atoms with E-state index in [1.807, 2.05) is 26.1 Å². The van der Waals surface area contributed by atoms with Crippen molar-refractivity contribution < 1.29 is 8.42 Å². The van der Waals surface area contributed by atoms with Crippen molar-refractivity contribution in [3.63, 3.8) is 0 Å². The average molecular weight is 368 g/mol. The first-order valence-corrected chi connectivity index (χ1v) is 9.98. The summed E-state index contributed by atoms with van der Waals surface area (Å²) in [5.41, 5.74) is 1.57. The molecule has 3 heterocycles. The summed E-state index contributed by atoms with van der Waals surface area (Å²) in [4.78, 5) is 14.6. The van der Waals surface area contributed by atoms with Crippen molar-refractivity contribution >= 4 is 21.5 Å². The van der Waals surface area contributed by atoms with Crippen LogP contribution in [0.2, 0.25) is 0 Å². The van der Waals surface area contributed by atoms with Gasteiger partial charge in [-0.05, 0) is 32.8 Å². The number of aromatic nitrogens is 3. The molecule has 24 heavy (non-hydrogen) atoms. The molecule has 2 aromatic heterocycles. The highest BCUT2D eigenvalue weighted by Gasteiger charge is 2.38. The van der Waals surface area contributed by atoms with Crippen molar-refractivity contribution in [2.45, 2.75) is 32.7 Å². The van der Waals surface area contributed by atoms with Gasteiger partial charge in [0.15, 0.2) is 0 Å². The van der Waals surface area contributed by atoms with Crippen LogP contribution in [0.1, 0.15) is 35.3 Å². The van der Waals surface area contributed by atoms with Crippen molar-refractivity contribution in [1.29, 1.82) is 0 Å². The smallest absolute Gasteiger partial charge is 0.243 e. The molecule has 1 fully saturated rings. The van der Waals surface area contributed by atoms with E-state index in [-0.39, 0.29) is 6.04 Å². The zero-order chi connectivity index (χ0) is 17.5. The summed E-state index contributed by atoms with van der Waals surface area (Å²) >= 11 is 1.57. The molecule has 1 aliphatic rings. The Bertz CT molecular complexity index is 847. The Morgan fingerprint density at radius 3 is 2.67 bits per heavy atom. The van der Waals surface area contributed by atoms with Gasteiger partial charge in [0, 0.05) is 37.4 Å². The molecule has 7 nitrogen and oxygen atoms in total. The zero-order valence-corrected chi connectivity index (χ0v) is 15.9. The molecule has 1 saturated heterocycles. The van der Waals surface area contributed by atoms with Crippen LogP contribution in [0.3, 0.4) is 0 Å². The topological polar surface area (TPSA) is 79.3 Å². The molecule has 1 atom stereocenters. The average Bonchev–Trinajstić information content (AvgIpc) is 3.15. The Hall–Kier alpha value is -1.42. The Kier molecular flexibility index (Phi) is 4.69. The van der Waals surface area contributed by atoms with Gasteiger partial charge >= 0.3 is 0 Å². The van der Waals surface area contributed by atoms with Crippen molar-refractivity contribution in [1.82, 2.24) is 23.6 Å². The SMILES string of the molecule is Cc1cc(-c2ncc(C)s2)nc(C2CCCN2S(=O)(=O)N(C)C)n1. The molecule has 0 aromatic carbocycles. The molecule has 0 aliphatic carbocycles. The lowest BCUT2D eigenvalue weighted by atomic mass is 10.2. The molecule has 0 radical (unpaired) electrons. The van der Waals surface area contributed by atoms with Crippen LogP contribution in [0, 0.1) is 13.8 Å². The molecule has 0 bridgehead atoms. The van der Waals surface area contributed by atoms with Gasteiger partial charge < -0.3 is 0 Å². The largest absolute Gasteiger partial charge is 0.282 e. The predicted molar refractivity (Wildman–Crippen MR) is 93.9 cm³/mol. The summed E-state index contributed by atoms with van der Waals surface area (Å²) in [5, 5.41) is 0.833. The van der Waals surface area contributed by atoms with Gasteiger partial charge in [0.1, 0.15) is 16.5 Å². The van der Waals surface area contributed by atoms with E-state index < -0.39 is 10.2 Å². The Morgan fingerprint density at radius 1 is 1.29 bits per heavy atom. The van der Waals surface area contributed by atoms with Gasteiger partial charge in [0.05, 0.1) is 6.04 Å².